The molecule has 0 bridgehead atoms. The number of hydrazone groups is 1. The first-order valence-electron chi connectivity index (χ1n) is 13.0. The zero-order valence-electron chi connectivity index (χ0n) is 22.4. The van der Waals surface area contributed by atoms with Gasteiger partial charge in [-0.3, -0.25) is 9.59 Å². The first-order chi connectivity index (χ1) is 19.2. The van der Waals surface area contributed by atoms with Gasteiger partial charge in [-0.25, -0.2) is 5.43 Å². The third-order valence-corrected chi connectivity index (χ3v) is 7.66. The summed E-state index contributed by atoms with van der Waals surface area (Å²) in [5.74, 6) is 0.406. The maximum Gasteiger partial charge on any atom is 0.277 e. The number of ether oxygens (including phenoxy) is 1. The molecular weight excluding hydrogens is 592 g/mol. The van der Waals surface area contributed by atoms with Crippen molar-refractivity contribution in [2.24, 2.45) is 10.5 Å². The number of hydrogen-bond donors (Lipinski definition) is 1. The van der Waals surface area contributed by atoms with Crippen molar-refractivity contribution in [1.82, 2.24) is 5.43 Å². The zero-order chi connectivity index (χ0) is 28.3. The van der Waals surface area contributed by atoms with Gasteiger partial charge < -0.3 is 14.5 Å². The number of benzene rings is 3. The number of anilines is 2. The lowest BCUT2D eigenvalue weighted by atomic mass is 9.74. The van der Waals surface area contributed by atoms with Crippen molar-refractivity contribution in [3.63, 3.8) is 0 Å². The third kappa shape index (κ3) is 6.74. The van der Waals surface area contributed by atoms with Gasteiger partial charge in [0.15, 0.2) is 12.4 Å². The maximum atomic E-state index is 13.2. The number of ketones is 1. The summed E-state index contributed by atoms with van der Waals surface area (Å²) in [7, 11) is 0. The third-order valence-electron chi connectivity index (χ3n) is 6.92. The van der Waals surface area contributed by atoms with Gasteiger partial charge in [-0.2, -0.15) is 5.10 Å². The topological polar surface area (TPSA) is 74.2 Å². The number of nitrogens with zero attached hydrogens (tertiary/aromatic N) is 3. The predicted octanol–water partition coefficient (Wildman–Crippen LogP) is 6.56. The summed E-state index contributed by atoms with van der Waals surface area (Å²) in [4.78, 5) is 29.8. The molecule has 0 saturated heterocycles. The fourth-order valence-electron chi connectivity index (χ4n) is 4.99. The maximum absolute atomic E-state index is 13.2. The van der Waals surface area contributed by atoms with E-state index in [0.717, 1.165) is 39.1 Å². The van der Waals surface area contributed by atoms with E-state index in [0.29, 0.717) is 30.4 Å². The molecule has 1 heterocycles. The van der Waals surface area contributed by atoms with Crippen molar-refractivity contribution in [2.75, 3.05) is 29.6 Å². The van der Waals surface area contributed by atoms with Gasteiger partial charge in [-0.05, 0) is 78.1 Å². The monoisotopic (exact) mass is 620 g/mol. The minimum Gasteiger partial charge on any atom is -0.484 e. The average Bonchev–Trinajstić information content (AvgIpc) is 2.92. The summed E-state index contributed by atoms with van der Waals surface area (Å²) in [5.41, 5.74) is 7.16. The molecule has 3 aromatic carbocycles. The Morgan fingerprint density at radius 1 is 1.07 bits per heavy atom. The Hall–Kier alpha value is -3.62. The van der Waals surface area contributed by atoms with E-state index in [1.54, 1.807) is 6.21 Å². The Morgan fingerprint density at radius 2 is 1.80 bits per heavy atom. The van der Waals surface area contributed by atoms with Crippen LogP contribution in [0.3, 0.4) is 0 Å². The van der Waals surface area contributed by atoms with Crippen LogP contribution < -0.4 is 20.0 Å². The molecule has 0 aromatic heterocycles. The van der Waals surface area contributed by atoms with Crippen molar-refractivity contribution in [2.45, 2.75) is 26.7 Å². The van der Waals surface area contributed by atoms with Crippen LogP contribution in [0.2, 0.25) is 5.02 Å². The molecule has 0 spiro atoms. The van der Waals surface area contributed by atoms with Gasteiger partial charge >= 0.3 is 0 Å². The minimum absolute atomic E-state index is 0.0853. The van der Waals surface area contributed by atoms with Gasteiger partial charge in [0, 0.05) is 45.1 Å². The van der Waals surface area contributed by atoms with Crippen LogP contribution in [0.4, 0.5) is 11.4 Å². The van der Waals surface area contributed by atoms with Crippen LogP contribution in [0.25, 0.3) is 0 Å². The van der Waals surface area contributed by atoms with E-state index in [-0.39, 0.29) is 23.7 Å². The summed E-state index contributed by atoms with van der Waals surface area (Å²) >= 11 is 9.56. The van der Waals surface area contributed by atoms with Crippen LogP contribution in [0, 0.1) is 5.41 Å². The lowest BCUT2D eigenvalue weighted by Crippen LogP contribution is -2.48. The van der Waals surface area contributed by atoms with Crippen LogP contribution >= 0.6 is 27.5 Å². The molecule has 1 aliphatic carbocycles. The molecule has 1 N–H and O–H groups in total. The summed E-state index contributed by atoms with van der Waals surface area (Å²) in [5, 5.41) is 4.65. The van der Waals surface area contributed by atoms with E-state index < -0.39 is 0 Å². The average molecular weight is 622 g/mol. The highest BCUT2D eigenvalue weighted by Gasteiger charge is 2.39. The summed E-state index contributed by atoms with van der Waals surface area (Å²) < 4.78 is 6.59. The van der Waals surface area contributed by atoms with Crippen molar-refractivity contribution < 1.29 is 14.3 Å². The fourth-order valence-corrected chi connectivity index (χ4v) is 5.53. The largest absolute Gasteiger partial charge is 0.484 e. The van der Waals surface area contributed by atoms with Gasteiger partial charge in [0.25, 0.3) is 5.91 Å². The highest BCUT2D eigenvalue weighted by Crippen LogP contribution is 2.42. The smallest absolute Gasteiger partial charge is 0.277 e. The second kappa shape index (κ2) is 11.9. The number of carbonyl (C=O) groups is 2. The van der Waals surface area contributed by atoms with Crippen LogP contribution in [0.15, 0.2) is 93.6 Å². The number of halogens is 2. The molecule has 0 unspecified atom stereocenters. The van der Waals surface area contributed by atoms with Crippen molar-refractivity contribution in [1.29, 1.82) is 0 Å². The van der Waals surface area contributed by atoms with Crippen LogP contribution in [-0.4, -0.2) is 37.7 Å². The van der Waals surface area contributed by atoms with Crippen molar-refractivity contribution in [3.05, 3.63) is 99.1 Å². The summed E-state index contributed by atoms with van der Waals surface area (Å²) in [6, 6.07) is 22.9. The lowest BCUT2D eigenvalue weighted by Gasteiger charge is -2.45. The van der Waals surface area contributed by atoms with Crippen molar-refractivity contribution in [3.8, 4) is 5.75 Å². The summed E-state index contributed by atoms with van der Waals surface area (Å²) in [6.07, 6.45) is 2.95. The number of nitrogens with one attached hydrogen (secondary N) is 1. The molecular formula is C31H30BrClN4O3. The van der Waals surface area contributed by atoms with Crippen molar-refractivity contribution >= 4 is 56.8 Å². The van der Waals surface area contributed by atoms with E-state index in [1.165, 1.54) is 0 Å². The Bertz CT molecular complexity index is 1470. The van der Waals surface area contributed by atoms with Crippen LogP contribution in [0.1, 0.15) is 32.3 Å². The number of amides is 1. The van der Waals surface area contributed by atoms with Crippen LogP contribution in [-0.2, 0) is 9.59 Å². The number of carbonyl (C=O) groups excluding carboxylic acids is 2. The van der Waals surface area contributed by atoms with Crippen LogP contribution in [0.5, 0.6) is 5.75 Å². The highest BCUT2D eigenvalue weighted by molar-refractivity contribution is 9.10. The Morgan fingerprint density at radius 3 is 2.52 bits per heavy atom. The molecule has 2 aliphatic rings. The number of Topliss-reactive ketones (excluding diaryl/α,β-unsaturated/α-hetero) is 1. The number of hydrogen-bond acceptors (Lipinski definition) is 6. The lowest BCUT2D eigenvalue weighted by molar-refractivity contribution is -0.123. The first kappa shape index (κ1) is 27.9. The Labute approximate surface area is 247 Å². The quantitative estimate of drug-likeness (QED) is 0.239. The molecule has 206 valence electrons. The first-order valence-corrected chi connectivity index (χ1v) is 14.2. The minimum atomic E-state index is -0.358. The SMILES string of the molecule is CC1(C)CC(=O)C2=C(C1)N(c1ccc(Cl)cc1)CN(c1ccc(OCC(=O)N/N=C/c3cccc(Br)c3)cc1)C2. The number of allylic oxidation sites excluding steroid dienone is 1. The molecule has 0 fully saturated rings. The second-order valence-corrected chi connectivity index (χ2v) is 12.1. The molecule has 0 radical (unpaired) electrons. The molecule has 1 aliphatic heterocycles. The Balaban J connectivity index is 1.25. The molecule has 3 aromatic rings. The van der Waals surface area contributed by atoms with E-state index in [9.17, 15) is 9.59 Å². The van der Waals surface area contributed by atoms with Gasteiger partial charge in [0.05, 0.1) is 12.9 Å². The molecule has 0 saturated carbocycles. The predicted molar refractivity (Wildman–Crippen MR) is 163 cm³/mol. The summed E-state index contributed by atoms with van der Waals surface area (Å²) in [6.45, 7) is 5.28. The standard InChI is InChI=1S/C31H30BrClN4O3/c1-31(2)15-28-27(29(38)16-31)18-36(20-37(28)25-8-6-23(33)7-9-25)24-10-12-26(13-11-24)40-19-30(39)35-34-17-21-4-3-5-22(32)14-21/h3-14,17H,15-16,18-20H2,1-2H3,(H,35,39)/b34-17+. The second-order valence-electron chi connectivity index (χ2n) is 10.7. The van der Waals surface area contributed by atoms with Gasteiger partial charge in [0.1, 0.15) is 5.75 Å². The van der Waals surface area contributed by atoms with E-state index >= 15 is 0 Å². The molecule has 1 amide bonds. The van der Waals surface area contributed by atoms with E-state index in [2.05, 4.69) is 50.1 Å². The van der Waals surface area contributed by atoms with Gasteiger partial charge in [-0.15, -0.1) is 0 Å². The molecule has 40 heavy (non-hydrogen) atoms. The molecule has 9 heteroatoms. The Kier molecular flexibility index (Phi) is 8.28. The van der Waals surface area contributed by atoms with Gasteiger partial charge in [-0.1, -0.05) is 53.5 Å². The normalized spacial score (nSPS) is 16.8. The van der Waals surface area contributed by atoms with E-state index in [1.807, 2.05) is 72.8 Å². The highest BCUT2D eigenvalue weighted by atomic mass is 79.9. The molecule has 5 rings (SSSR count). The number of rotatable bonds is 7. The molecule has 0 atom stereocenters. The fraction of sp³-hybridized carbons (Fsp3) is 0.258. The van der Waals surface area contributed by atoms with Gasteiger partial charge in [0.2, 0.25) is 0 Å². The zero-order valence-corrected chi connectivity index (χ0v) is 24.7. The van der Waals surface area contributed by atoms with E-state index in [4.69, 9.17) is 16.3 Å². The molecule has 7 nitrogen and oxygen atoms in total.